The van der Waals surface area contributed by atoms with E-state index in [1.807, 2.05) is 24.3 Å². The quantitative estimate of drug-likeness (QED) is 0.752. The van der Waals surface area contributed by atoms with Gasteiger partial charge in [-0.2, -0.15) is 5.10 Å². The fourth-order valence-corrected chi connectivity index (χ4v) is 5.24. The topological polar surface area (TPSA) is 59.2 Å². The zero-order chi connectivity index (χ0) is 20.2. The molecule has 29 heavy (non-hydrogen) atoms. The fraction of sp³-hybridized carbons (Fsp3) is 0.682. The van der Waals surface area contributed by atoms with Crippen LogP contribution in [0.15, 0.2) is 24.9 Å². The van der Waals surface area contributed by atoms with Crippen LogP contribution in [0.4, 0.5) is 0 Å². The minimum Gasteiger partial charge on any atom is -0.342 e. The van der Waals surface area contributed by atoms with Gasteiger partial charge in [0.25, 0.3) is 0 Å². The summed E-state index contributed by atoms with van der Waals surface area (Å²) >= 11 is 0. The number of nitrogens with zero attached hydrogens (tertiary/aromatic N) is 6. The molecule has 7 nitrogen and oxygen atoms in total. The van der Waals surface area contributed by atoms with Gasteiger partial charge in [0.15, 0.2) is 0 Å². The summed E-state index contributed by atoms with van der Waals surface area (Å²) in [4.78, 5) is 23.0. The highest BCUT2D eigenvalue weighted by molar-refractivity contribution is 5.86. The van der Waals surface area contributed by atoms with Crippen molar-refractivity contribution in [3.8, 4) is 0 Å². The van der Waals surface area contributed by atoms with Crippen LogP contribution in [-0.4, -0.2) is 61.2 Å². The largest absolute Gasteiger partial charge is 0.342 e. The third-order valence-electron chi connectivity index (χ3n) is 7.07. The number of amides is 1. The van der Waals surface area contributed by atoms with E-state index in [2.05, 4.69) is 45.7 Å². The van der Waals surface area contributed by atoms with Gasteiger partial charge in [-0.25, -0.2) is 4.98 Å². The number of carbonyl (C=O) groups is 1. The number of carbonyl (C=O) groups excluding carboxylic acids is 1. The first-order valence-electron chi connectivity index (χ1n) is 11.0. The van der Waals surface area contributed by atoms with Gasteiger partial charge < -0.3 is 9.47 Å². The van der Waals surface area contributed by atoms with E-state index < -0.39 is 0 Å². The van der Waals surface area contributed by atoms with Gasteiger partial charge in [0, 0.05) is 69.7 Å². The minimum atomic E-state index is -0.326. The van der Waals surface area contributed by atoms with Gasteiger partial charge in [0.1, 0.15) is 0 Å². The molecule has 2 aromatic rings. The maximum Gasteiger partial charge on any atom is 0.230 e. The van der Waals surface area contributed by atoms with Crippen LogP contribution in [0.3, 0.4) is 0 Å². The highest BCUT2D eigenvalue weighted by atomic mass is 16.2. The van der Waals surface area contributed by atoms with E-state index >= 15 is 0 Å². The number of hydrogen-bond donors (Lipinski definition) is 0. The van der Waals surface area contributed by atoms with E-state index in [0.29, 0.717) is 11.9 Å². The lowest BCUT2D eigenvalue weighted by atomic mass is 9.75. The third-order valence-corrected chi connectivity index (χ3v) is 7.07. The Bertz CT molecular complexity index is 897. The number of likely N-dealkylation sites (tertiary alicyclic amines) is 2. The van der Waals surface area contributed by atoms with Gasteiger partial charge in [-0.3, -0.25) is 14.4 Å². The molecule has 7 heteroatoms. The number of rotatable bonds is 6. The van der Waals surface area contributed by atoms with Gasteiger partial charge in [-0.15, -0.1) is 0 Å². The van der Waals surface area contributed by atoms with E-state index in [1.54, 1.807) is 0 Å². The first-order chi connectivity index (χ1) is 13.9. The standard InChI is InChI=1S/C22H32N6O/c1-16(2)28-13-20(23-15-28)19-12-26(10-18-8-24-25(3)9-18)14-22(19)6-7-27(21(22)29)11-17-4-5-17/h8-9,13,15-17,19H,4-7,10-12,14H2,1-3H3/t19-,22+/m1/s1. The highest BCUT2D eigenvalue weighted by Gasteiger charge is 2.58. The molecule has 3 aliphatic rings. The highest BCUT2D eigenvalue weighted by Crippen LogP contribution is 2.50. The Kier molecular flexibility index (Phi) is 4.53. The summed E-state index contributed by atoms with van der Waals surface area (Å²) < 4.78 is 4.01. The predicted molar refractivity (Wildman–Crippen MR) is 110 cm³/mol. The molecule has 0 unspecified atom stereocenters. The summed E-state index contributed by atoms with van der Waals surface area (Å²) in [6.45, 7) is 8.74. The van der Waals surface area contributed by atoms with Crippen molar-refractivity contribution in [2.45, 2.75) is 51.6 Å². The summed E-state index contributed by atoms with van der Waals surface area (Å²) in [5, 5.41) is 4.31. The molecule has 1 amide bonds. The molecule has 1 aliphatic carbocycles. The Morgan fingerprint density at radius 2 is 2.10 bits per heavy atom. The Morgan fingerprint density at radius 1 is 1.28 bits per heavy atom. The maximum atomic E-state index is 13.7. The first kappa shape index (κ1) is 18.9. The van der Waals surface area contributed by atoms with Gasteiger partial charge in [0.2, 0.25) is 5.91 Å². The molecule has 2 aliphatic heterocycles. The van der Waals surface area contributed by atoms with E-state index in [1.165, 1.54) is 18.4 Å². The molecule has 3 fully saturated rings. The molecule has 2 aromatic heterocycles. The number of imidazole rings is 1. The van der Waals surface area contributed by atoms with Crippen LogP contribution in [0.5, 0.6) is 0 Å². The van der Waals surface area contributed by atoms with Gasteiger partial charge in [0.05, 0.1) is 23.6 Å². The fourth-order valence-electron chi connectivity index (χ4n) is 5.24. The third kappa shape index (κ3) is 3.39. The van der Waals surface area contributed by atoms with Gasteiger partial charge in [-0.05, 0) is 39.0 Å². The van der Waals surface area contributed by atoms with E-state index in [0.717, 1.165) is 50.8 Å². The van der Waals surface area contributed by atoms with Gasteiger partial charge in [-0.1, -0.05) is 0 Å². The van der Waals surface area contributed by atoms with Crippen molar-refractivity contribution < 1.29 is 4.79 Å². The lowest BCUT2D eigenvalue weighted by Gasteiger charge is -2.28. The van der Waals surface area contributed by atoms with Crippen molar-refractivity contribution in [2.75, 3.05) is 26.2 Å². The molecule has 2 saturated heterocycles. The zero-order valence-corrected chi connectivity index (χ0v) is 17.8. The zero-order valence-electron chi connectivity index (χ0n) is 17.8. The van der Waals surface area contributed by atoms with Crippen molar-refractivity contribution in [1.29, 1.82) is 0 Å². The molecular weight excluding hydrogens is 364 g/mol. The Balaban J connectivity index is 1.43. The average Bonchev–Trinajstić information content (AvgIpc) is 3.02. The van der Waals surface area contributed by atoms with E-state index in [-0.39, 0.29) is 11.3 Å². The monoisotopic (exact) mass is 396 g/mol. The van der Waals surface area contributed by atoms with Crippen molar-refractivity contribution in [3.05, 3.63) is 36.2 Å². The second-order valence-electron chi connectivity index (χ2n) is 9.68. The van der Waals surface area contributed by atoms with Crippen LogP contribution in [0.2, 0.25) is 0 Å². The maximum absolute atomic E-state index is 13.7. The lowest BCUT2D eigenvalue weighted by Crippen LogP contribution is -2.40. The normalized spacial score (nSPS) is 27.8. The van der Waals surface area contributed by atoms with Crippen molar-refractivity contribution in [3.63, 3.8) is 0 Å². The van der Waals surface area contributed by atoms with Gasteiger partial charge >= 0.3 is 0 Å². The lowest BCUT2D eigenvalue weighted by molar-refractivity contribution is -0.136. The minimum absolute atomic E-state index is 0.163. The van der Waals surface area contributed by atoms with Crippen LogP contribution < -0.4 is 0 Å². The Hall–Kier alpha value is -2.15. The molecule has 0 aromatic carbocycles. The average molecular weight is 397 g/mol. The summed E-state index contributed by atoms with van der Waals surface area (Å²) in [5.41, 5.74) is 1.96. The summed E-state index contributed by atoms with van der Waals surface area (Å²) in [6.07, 6.45) is 11.6. The SMILES string of the molecule is CC(C)n1cnc([C@H]2CN(Cc3cnn(C)c3)C[C@@]23CCN(CC2CC2)C3=O)c1. The molecule has 5 rings (SSSR count). The molecule has 1 saturated carbocycles. The van der Waals surface area contributed by atoms with E-state index in [9.17, 15) is 4.79 Å². The predicted octanol–water partition coefficient (Wildman–Crippen LogP) is 2.43. The molecule has 0 radical (unpaired) electrons. The summed E-state index contributed by atoms with van der Waals surface area (Å²) in [7, 11) is 1.95. The Morgan fingerprint density at radius 3 is 2.76 bits per heavy atom. The molecule has 2 atom stereocenters. The summed E-state index contributed by atoms with van der Waals surface area (Å²) in [6, 6.07) is 0.380. The molecule has 4 heterocycles. The number of aryl methyl sites for hydroxylation is 1. The number of hydrogen-bond acceptors (Lipinski definition) is 4. The first-order valence-corrected chi connectivity index (χ1v) is 11.0. The molecule has 156 valence electrons. The molecule has 0 bridgehead atoms. The Labute approximate surface area is 172 Å². The second-order valence-corrected chi connectivity index (χ2v) is 9.68. The van der Waals surface area contributed by atoms with Crippen molar-refractivity contribution in [1.82, 2.24) is 29.1 Å². The molecule has 0 N–H and O–H groups in total. The smallest absolute Gasteiger partial charge is 0.230 e. The van der Waals surface area contributed by atoms with Crippen LogP contribution in [-0.2, 0) is 18.4 Å². The van der Waals surface area contributed by atoms with Crippen LogP contribution >= 0.6 is 0 Å². The van der Waals surface area contributed by atoms with Crippen molar-refractivity contribution >= 4 is 5.91 Å². The van der Waals surface area contributed by atoms with Crippen molar-refractivity contribution in [2.24, 2.45) is 18.4 Å². The molecular formula is C22H32N6O. The van der Waals surface area contributed by atoms with Crippen LogP contribution in [0.1, 0.15) is 56.3 Å². The summed E-state index contributed by atoms with van der Waals surface area (Å²) in [5.74, 6) is 1.26. The van der Waals surface area contributed by atoms with Crippen LogP contribution in [0, 0.1) is 11.3 Å². The second kappa shape index (κ2) is 6.97. The van der Waals surface area contributed by atoms with Crippen LogP contribution in [0.25, 0.3) is 0 Å². The number of aromatic nitrogens is 4. The molecule has 1 spiro atoms. The van der Waals surface area contributed by atoms with E-state index in [4.69, 9.17) is 4.98 Å².